The van der Waals surface area contributed by atoms with Crippen LogP contribution in [0.2, 0.25) is 0 Å². The average Bonchev–Trinajstić information content (AvgIpc) is 2.65. The summed E-state index contributed by atoms with van der Waals surface area (Å²) >= 11 is 0. The first-order valence-corrected chi connectivity index (χ1v) is 8.32. The molecule has 0 radical (unpaired) electrons. The molecule has 0 amide bonds. The van der Waals surface area contributed by atoms with E-state index >= 15 is 0 Å². The maximum absolute atomic E-state index is 12.3. The summed E-state index contributed by atoms with van der Waals surface area (Å²) < 4.78 is 11.7. The van der Waals surface area contributed by atoms with Crippen molar-refractivity contribution in [3.8, 4) is 5.75 Å². The zero-order chi connectivity index (χ0) is 17.4. The van der Waals surface area contributed by atoms with E-state index in [4.69, 9.17) is 9.15 Å². The van der Waals surface area contributed by atoms with Crippen molar-refractivity contribution < 1.29 is 9.15 Å². The third-order valence-corrected chi connectivity index (χ3v) is 4.56. The summed E-state index contributed by atoms with van der Waals surface area (Å²) in [4.78, 5) is 12.3. The van der Waals surface area contributed by atoms with Crippen LogP contribution in [0.4, 0.5) is 0 Å². The van der Waals surface area contributed by atoms with Crippen LogP contribution in [0.5, 0.6) is 5.75 Å². The number of aryl methyl sites for hydroxylation is 1. The molecule has 0 bridgehead atoms. The topological polar surface area (TPSA) is 39.4 Å². The first-order chi connectivity index (χ1) is 12.1. The molecule has 0 saturated carbocycles. The van der Waals surface area contributed by atoms with Gasteiger partial charge in [-0.1, -0.05) is 48.5 Å². The van der Waals surface area contributed by atoms with Crippen LogP contribution in [0.3, 0.4) is 0 Å². The fraction of sp³-hybridized carbons (Fsp3) is 0.136. The predicted molar refractivity (Wildman–Crippen MR) is 100 cm³/mol. The van der Waals surface area contributed by atoms with Crippen molar-refractivity contribution in [3.63, 3.8) is 0 Å². The van der Waals surface area contributed by atoms with Crippen molar-refractivity contribution in [3.05, 3.63) is 88.3 Å². The number of fused-ring (bicyclic) bond motifs is 3. The molecule has 3 nitrogen and oxygen atoms in total. The standard InChI is InChI=1S/C22H18O3/c1-14-20(24-15(2)16-8-4-3-5-9-16)13-12-18-17-10-6-7-11-19(17)22(23)25-21(14)18/h3-13,15H,1-2H3/t15-/m0/s1. The Balaban J connectivity index is 1.83. The van der Waals surface area contributed by atoms with Gasteiger partial charge in [-0.05, 0) is 43.0 Å². The van der Waals surface area contributed by atoms with Crippen LogP contribution >= 0.6 is 0 Å². The van der Waals surface area contributed by atoms with Gasteiger partial charge in [0, 0.05) is 10.9 Å². The first-order valence-electron chi connectivity index (χ1n) is 8.32. The molecule has 1 aromatic heterocycles. The second kappa shape index (κ2) is 6.10. The Morgan fingerprint density at radius 3 is 2.28 bits per heavy atom. The summed E-state index contributed by atoms with van der Waals surface area (Å²) in [6, 6.07) is 21.5. The van der Waals surface area contributed by atoms with Gasteiger partial charge in [0.25, 0.3) is 0 Å². The summed E-state index contributed by atoms with van der Waals surface area (Å²) in [6.45, 7) is 3.93. The van der Waals surface area contributed by atoms with Gasteiger partial charge in [0.05, 0.1) is 5.39 Å². The van der Waals surface area contributed by atoms with E-state index in [-0.39, 0.29) is 11.7 Å². The molecule has 0 saturated heterocycles. The Bertz CT molecular complexity index is 1110. The quantitative estimate of drug-likeness (QED) is 0.373. The summed E-state index contributed by atoms with van der Waals surface area (Å²) in [5.41, 5.74) is 2.20. The zero-order valence-electron chi connectivity index (χ0n) is 14.2. The van der Waals surface area contributed by atoms with E-state index in [1.54, 1.807) is 6.07 Å². The highest BCUT2D eigenvalue weighted by Crippen LogP contribution is 2.33. The molecule has 25 heavy (non-hydrogen) atoms. The monoisotopic (exact) mass is 330 g/mol. The van der Waals surface area contributed by atoms with Crippen molar-refractivity contribution >= 4 is 21.7 Å². The molecule has 4 aromatic rings. The van der Waals surface area contributed by atoms with E-state index in [1.807, 2.05) is 74.5 Å². The predicted octanol–water partition coefficient (Wildman–Crippen LogP) is 5.39. The van der Waals surface area contributed by atoms with E-state index in [2.05, 4.69) is 0 Å². The molecule has 0 fully saturated rings. The van der Waals surface area contributed by atoms with Crippen LogP contribution in [0.1, 0.15) is 24.2 Å². The second-order valence-corrected chi connectivity index (χ2v) is 6.17. The molecule has 0 aliphatic carbocycles. The van der Waals surface area contributed by atoms with Crippen LogP contribution in [-0.4, -0.2) is 0 Å². The third kappa shape index (κ3) is 2.68. The highest BCUT2D eigenvalue weighted by molar-refractivity contribution is 6.05. The lowest BCUT2D eigenvalue weighted by atomic mass is 10.0. The van der Waals surface area contributed by atoms with Crippen LogP contribution in [0.25, 0.3) is 21.7 Å². The molecule has 1 atom stereocenters. The van der Waals surface area contributed by atoms with Crippen molar-refractivity contribution in [2.75, 3.05) is 0 Å². The number of ether oxygens (including phenoxy) is 1. The molecule has 0 unspecified atom stereocenters. The smallest absolute Gasteiger partial charge is 0.344 e. The van der Waals surface area contributed by atoms with Gasteiger partial charge in [-0.2, -0.15) is 0 Å². The minimum atomic E-state index is -0.320. The third-order valence-electron chi connectivity index (χ3n) is 4.56. The fourth-order valence-electron chi connectivity index (χ4n) is 3.17. The van der Waals surface area contributed by atoms with Crippen LogP contribution in [-0.2, 0) is 0 Å². The maximum Gasteiger partial charge on any atom is 0.344 e. The molecule has 0 spiro atoms. The van der Waals surface area contributed by atoms with Gasteiger partial charge in [0.15, 0.2) is 0 Å². The highest BCUT2D eigenvalue weighted by atomic mass is 16.5. The van der Waals surface area contributed by atoms with Crippen LogP contribution < -0.4 is 10.4 Å². The molecule has 0 aliphatic rings. The van der Waals surface area contributed by atoms with Crippen molar-refractivity contribution in [1.82, 2.24) is 0 Å². The van der Waals surface area contributed by atoms with Gasteiger partial charge in [-0.15, -0.1) is 0 Å². The molecule has 4 rings (SSSR count). The Morgan fingerprint density at radius 1 is 0.840 bits per heavy atom. The summed E-state index contributed by atoms with van der Waals surface area (Å²) in [7, 11) is 0. The first kappa shape index (κ1) is 15.5. The molecule has 3 aromatic carbocycles. The van der Waals surface area contributed by atoms with E-state index < -0.39 is 0 Å². The normalized spacial score (nSPS) is 12.4. The largest absolute Gasteiger partial charge is 0.486 e. The minimum absolute atomic E-state index is 0.0930. The molecular weight excluding hydrogens is 312 g/mol. The lowest BCUT2D eigenvalue weighted by molar-refractivity contribution is 0.225. The summed E-state index contributed by atoms with van der Waals surface area (Å²) in [5.74, 6) is 0.724. The van der Waals surface area contributed by atoms with Crippen LogP contribution in [0.15, 0.2) is 75.9 Å². The van der Waals surface area contributed by atoms with Gasteiger partial charge in [-0.3, -0.25) is 0 Å². The summed E-state index contributed by atoms with van der Waals surface area (Å²) in [5, 5.41) is 2.42. The Kier molecular flexibility index (Phi) is 3.77. The summed E-state index contributed by atoms with van der Waals surface area (Å²) in [6.07, 6.45) is -0.0930. The Hall–Kier alpha value is -3.07. The minimum Gasteiger partial charge on any atom is -0.486 e. The van der Waals surface area contributed by atoms with Gasteiger partial charge in [0.2, 0.25) is 0 Å². The number of benzene rings is 3. The molecule has 124 valence electrons. The molecule has 1 heterocycles. The maximum atomic E-state index is 12.3. The van der Waals surface area contributed by atoms with Gasteiger partial charge in [0.1, 0.15) is 17.4 Å². The van der Waals surface area contributed by atoms with Crippen molar-refractivity contribution in [2.45, 2.75) is 20.0 Å². The van der Waals surface area contributed by atoms with Gasteiger partial charge in [-0.25, -0.2) is 4.79 Å². The Labute approximate surface area is 145 Å². The molecule has 3 heteroatoms. The zero-order valence-corrected chi connectivity index (χ0v) is 14.2. The van der Waals surface area contributed by atoms with Crippen molar-refractivity contribution in [1.29, 1.82) is 0 Å². The lowest BCUT2D eigenvalue weighted by Crippen LogP contribution is -2.05. The van der Waals surface area contributed by atoms with E-state index in [1.165, 1.54) is 0 Å². The van der Waals surface area contributed by atoms with Crippen molar-refractivity contribution in [2.24, 2.45) is 0 Å². The molecule has 0 aliphatic heterocycles. The van der Waals surface area contributed by atoms with Gasteiger partial charge >= 0.3 is 5.63 Å². The second-order valence-electron chi connectivity index (χ2n) is 6.17. The SMILES string of the molecule is Cc1c(O[C@@H](C)c2ccccc2)ccc2c1oc(=O)c1ccccc12. The lowest BCUT2D eigenvalue weighted by Gasteiger charge is -2.17. The van der Waals surface area contributed by atoms with Crippen LogP contribution in [0, 0.1) is 6.92 Å². The molecular formula is C22H18O3. The van der Waals surface area contributed by atoms with Gasteiger partial charge < -0.3 is 9.15 Å². The van der Waals surface area contributed by atoms with E-state index in [9.17, 15) is 4.79 Å². The Morgan fingerprint density at radius 2 is 1.52 bits per heavy atom. The number of hydrogen-bond donors (Lipinski definition) is 0. The molecule has 0 N–H and O–H groups in total. The average molecular weight is 330 g/mol. The van der Waals surface area contributed by atoms with E-state index in [0.29, 0.717) is 11.0 Å². The number of hydrogen-bond acceptors (Lipinski definition) is 3. The highest BCUT2D eigenvalue weighted by Gasteiger charge is 2.14. The fourth-order valence-corrected chi connectivity index (χ4v) is 3.17. The number of rotatable bonds is 3. The van der Waals surface area contributed by atoms with E-state index in [0.717, 1.165) is 27.6 Å².